The van der Waals surface area contributed by atoms with Crippen molar-refractivity contribution >= 4 is 12.6 Å². The van der Waals surface area contributed by atoms with E-state index in [4.69, 9.17) is 9.31 Å². The fourth-order valence-electron chi connectivity index (χ4n) is 3.02. The highest BCUT2D eigenvalue weighted by molar-refractivity contribution is 6.62. The molecule has 3 nitrogen and oxygen atoms in total. The fourth-order valence-corrected chi connectivity index (χ4v) is 3.02. The molecule has 23 heavy (non-hydrogen) atoms. The molecule has 0 aromatic carbocycles. The number of alkyl halides is 3. The molecule has 0 amide bonds. The minimum absolute atomic E-state index is 0.0940. The summed E-state index contributed by atoms with van der Waals surface area (Å²) in [5, 5.41) is 0. The molecule has 0 unspecified atom stereocenters. The van der Waals surface area contributed by atoms with Gasteiger partial charge in [0.25, 0.3) is 0 Å². The van der Waals surface area contributed by atoms with E-state index in [-0.39, 0.29) is 18.5 Å². The summed E-state index contributed by atoms with van der Waals surface area (Å²) in [5.74, 6) is 0. The number of nitrogens with zero attached hydrogens (tertiary/aromatic N) is 1. The Kier molecular flexibility index (Phi) is 3.62. The number of hydrogen-bond donors (Lipinski definition) is 0. The maximum absolute atomic E-state index is 13.4. The van der Waals surface area contributed by atoms with Crippen molar-refractivity contribution in [3.63, 3.8) is 0 Å². The van der Waals surface area contributed by atoms with Crippen molar-refractivity contribution in [2.24, 2.45) is 0 Å². The third kappa shape index (κ3) is 2.48. The van der Waals surface area contributed by atoms with E-state index in [0.717, 1.165) is 0 Å². The van der Waals surface area contributed by atoms with E-state index in [9.17, 15) is 13.2 Å². The van der Waals surface area contributed by atoms with E-state index in [0.29, 0.717) is 11.9 Å². The highest BCUT2D eigenvalue weighted by Gasteiger charge is 2.60. The first-order chi connectivity index (χ1) is 10.5. The van der Waals surface area contributed by atoms with Crippen LogP contribution in [0.3, 0.4) is 0 Å². The summed E-state index contributed by atoms with van der Waals surface area (Å²) >= 11 is 0. The van der Waals surface area contributed by atoms with Crippen LogP contribution in [-0.4, -0.2) is 29.5 Å². The number of aromatic nitrogens is 1. The lowest BCUT2D eigenvalue weighted by atomic mass is 9.65. The Morgan fingerprint density at radius 3 is 1.96 bits per heavy atom. The topological polar surface area (TPSA) is 31.4 Å². The molecule has 0 radical (unpaired) electrons. The Bertz CT molecular complexity index is 578. The van der Waals surface area contributed by atoms with Gasteiger partial charge >= 0.3 is 13.3 Å². The monoisotopic (exact) mass is 327 g/mol. The molecule has 7 heteroatoms. The van der Waals surface area contributed by atoms with Gasteiger partial charge < -0.3 is 9.31 Å². The molecule has 2 aliphatic rings. The molecule has 1 aromatic heterocycles. The van der Waals surface area contributed by atoms with E-state index in [1.807, 2.05) is 27.7 Å². The van der Waals surface area contributed by atoms with Gasteiger partial charge in [0, 0.05) is 11.7 Å². The van der Waals surface area contributed by atoms with Crippen molar-refractivity contribution in [2.75, 3.05) is 0 Å². The molecule has 3 rings (SSSR count). The van der Waals surface area contributed by atoms with Gasteiger partial charge in [-0.15, -0.1) is 0 Å². The van der Waals surface area contributed by atoms with Crippen LogP contribution in [0.1, 0.15) is 52.7 Å². The molecule has 2 heterocycles. The van der Waals surface area contributed by atoms with E-state index < -0.39 is 29.9 Å². The lowest BCUT2D eigenvalue weighted by Crippen LogP contribution is -2.49. The van der Waals surface area contributed by atoms with Crippen LogP contribution in [0.4, 0.5) is 13.2 Å². The Hall–Kier alpha value is -1.08. The second-order valence-electron chi connectivity index (χ2n) is 7.50. The number of halogens is 3. The van der Waals surface area contributed by atoms with Crippen molar-refractivity contribution in [1.82, 2.24) is 4.98 Å². The molecule has 1 aliphatic carbocycles. The maximum Gasteiger partial charge on any atom is 0.496 e. The van der Waals surface area contributed by atoms with E-state index in [1.54, 1.807) is 6.07 Å². The first kappa shape index (κ1) is 16.8. The van der Waals surface area contributed by atoms with Gasteiger partial charge in [0.15, 0.2) is 0 Å². The van der Waals surface area contributed by atoms with E-state index in [1.165, 1.54) is 12.3 Å². The normalized spacial score (nSPS) is 25.3. The zero-order chi connectivity index (χ0) is 17.1. The third-order valence-corrected chi connectivity index (χ3v) is 5.55. The van der Waals surface area contributed by atoms with Crippen LogP contribution in [0, 0.1) is 0 Å². The van der Waals surface area contributed by atoms with Crippen molar-refractivity contribution in [2.45, 2.75) is 69.8 Å². The maximum atomic E-state index is 13.4. The average Bonchev–Trinajstić information content (AvgIpc) is 2.56. The van der Waals surface area contributed by atoms with Crippen LogP contribution in [0.5, 0.6) is 0 Å². The molecule has 1 saturated heterocycles. The summed E-state index contributed by atoms with van der Waals surface area (Å²) in [6.07, 6.45) is -2.01. The largest absolute Gasteiger partial charge is 0.496 e. The Balaban J connectivity index is 1.84. The first-order valence-electron chi connectivity index (χ1n) is 7.87. The molecule has 0 atom stereocenters. The molecular formula is C16H21BF3NO2. The molecule has 0 spiro atoms. The Morgan fingerprint density at radius 2 is 1.61 bits per heavy atom. The summed E-state index contributed by atoms with van der Waals surface area (Å²) < 4.78 is 51.9. The Labute approximate surface area is 134 Å². The number of rotatable bonds is 2. The zero-order valence-corrected chi connectivity index (χ0v) is 13.8. The zero-order valence-electron chi connectivity index (χ0n) is 13.8. The summed E-state index contributed by atoms with van der Waals surface area (Å²) in [4.78, 5) is 4.10. The molecule has 1 saturated carbocycles. The lowest BCUT2D eigenvalue weighted by Gasteiger charge is -2.42. The summed E-state index contributed by atoms with van der Waals surface area (Å²) in [6, 6.07) is 3.10. The van der Waals surface area contributed by atoms with Crippen LogP contribution >= 0.6 is 0 Å². The average molecular weight is 327 g/mol. The van der Waals surface area contributed by atoms with Gasteiger partial charge in [0.1, 0.15) is 5.41 Å². The van der Waals surface area contributed by atoms with Gasteiger partial charge in [-0.1, -0.05) is 12.5 Å². The fraction of sp³-hybridized carbons (Fsp3) is 0.688. The van der Waals surface area contributed by atoms with Crippen LogP contribution in [-0.2, 0) is 14.7 Å². The van der Waals surface area contributed by atoms with Gasteiger partial charge in [0.05, 0.1) is 16.9 Å². The van der Waals surface area contributed by atoms with Gasteiger partial charge in [-0.3, -0.25) is 4.98 Å². The molecule has 0 N–H and O–H groups in total. The first-order valence-corrected chi connectivity index (χ1v) is 7.87. The van der Waals surface area contributed by atoms with Crippen LogP contribution in [0.25, 0.3) is 0 Å². The molecule has 126 valence electrons. The highest BCUT2D eigenvalue weighted by Crippen LogP contribution is 2.53. The predicted octanol–water partition coefficient (Wildman–Crippen LogP) is 3.36. The van der Waals surface area contributed by atoms with Crippen molar-refractivity contribution in [1.29, 1.82) is 0 Å². The van der Waals surface area contributed by atoms with Crippen LogP contribution in [0.15, 0.2) is 18.3 Å². The minimum Gasteiger partial charge on any atom is -0.399 e. The molecule has 2 fully saturated rings. The Morgan fingerprint density at radius 1 is 1.04 bits per heavy atom. The lowest BCUT2D eigenvalue weighted by molar-refractivity contribution is -0.214. The molecule has 0 bridgehead atoms. The van der Waals surface area contributed by atoms with Gasteiger partial charge in [-0.25, -0.2) is 0 Å². The molecule has 1 aromatic rings. The summed E-state index contributed by atoms with van der Waals surface area (Å²) in [7, 11) is -0.607. The van der Waals surface area contributed by atoms with Crippen molar-refractivity contribution < 1.29 is 22.5 Å². The van der Waals surface area contributed by atoms with Gasteiger partial charge in [0.2, 0.25) is 0 Å². The third-order valence-electron chi connectivity index (χ3n) is 5.55. The van der Waals surface area contributed by atoms with Crippen molar-refractivity contribution in [3.8, 4) is 0 Å². The van der Waals surface area contributed by atoms with Crippen LogP contribution < -0.4 is 5.46 Å². The smallest absolute Gasteiger partial charge is 0.399 e. The number of pyridine rings is 1. The van der Waals surface area contributed by atoms with Crippen molar-refractivity contribution in [3.05, 3.63) is 24.0 Å². The standard InChI is InChI=1S/C16H21BF3NO2/c1-13(2)14(3,4)23-17(22-13)11-6-7-12(21-10-11)15(8-5-9-15)16(18,19)20/h6-7,10H,5,8-9H2,1-4H3. The minimum atomic E-state index is -4.26. The van der Waals surface area contributed by atoms with E-state index in [2.05, 4.69) is 4.98 Å². The van der Waals surface area contributed by atoms with Crippen LogP contribution in [0.2, 0.25) is 0 Å². The second kappa shape index (κ2) is 4.96. The SMILES string of the molecule is CC1(C)OB(c2ccc(C3(C(F)(F)F)CCC3)nc2)OC1(C)C. The molecular weight excluding hydrogens is 306 g/mol. The van der Waals surface area contributed by atoms with Gasteiger partial charge in [-0.05, 0) is 46.6 Å². The molecule has 1 aliphatic heterocycles. The number of hydrogen-bond acceptors (Lipinski definition) is 3. The quantitative estimate of drug-likeness (QED) is 0.781. The second-order valence-corrected chi connectivity index (χ2v) is 7.50. The summed E-state index contributed by atoms with van der Waals surface area (Å²) in [5.41, 5.74) is -2.02. The highest BCUT2D eigenvalue weighted by atomic mass is 19.4. The summed E-state index contributed by atoms with van der Waals surface area (Å²) in [6.45, 7) is 7.73. The van der Waals surface area contributed by atoms with Gasteiger partial charge in [-0.2, -0.15) is 13.2 Å². The van der Waals surface area contributed by atoms with E-state index >= 15 is 0 Å². The predicted molar refractivity (Wildman–Crippen MR) is 81.5 cm³/mol.